The van der Waals surface area contributed by atoms with Crippen molar-refractivity contribution in [2.45, 2.75) is 90.5 Å². The highest BCUT2D eigenvalue weighted by Gasteiger charge is 2.14. The number of unbranched alkanes of at least 4 members (excludes halogenated alkanes) is 7. The van der Waals surface area contributed by atoms with Crippen molar-refractivity contribution in [2.24, 2.45) is 5.73 Å². The Bertz CT molecular complexity index is 338. The number of nitrogens with two attached hydrogens (primary N) is 1. The fourth-order valence-corrected chi connectivity index (χ4v) is 3.27. The Kier molecular flexibility index (Phi) is 9.85. The van der Waals surface area contributed by atoms with Gasteiger partial charge in [0, 0.05) is 6.04 Å². The van der Waals surface area contributed by atoms with Crippen LogP contribution in [0.5, 0.6) is 0 Å². The lowest BCUT2D eigenvalue weighted by Gasteiger charge is -2.10. The van der Waals surface area contributed by atoms with Crippen molar-refractivity contribution in [1.82, 2.24) is 9.59 Å². The van der Waals surface area contributed by atoms with E-state index in [2.05, 4.69) is 23.4 Å². The van der Waals surface area contributed by atoms with Crippen molar-refractivity contribution in [3.8, 4) is 0 Å². The largest absolute Gasteiger partial charge is 0.323 e. The van der Waals surface area contributed by atoms with E-state index in [4.69, 9.17) is 5.73 Å². The molecule has 0 saturated heterocycles. The van der Waals surface area contributed by atoms with E-state index in [1.54, 1.807) is 0 Å². The molecule has 1 aromatic heterocycles. The smallest absolute Gasteiger partial charge is 0.0803 e. The molecule has 1 aromatic rings. The number of hydrogen-bond donors (Lipinski definition) is 1. The van der Waals surface area contributed by atoms with Crippen LogP contribution in [0.3, 0.4) is 0 Å². The fraction of sp³-hybridized carbons (Fsp3) is 0.875. The zero-order valence-electron chi connectivity index (χ0n) is 13.2. The Morgan fingerprint density at radius 3 is 2.25 bits per heavy atom. The molecule has 0 aliphatic carbocycles. The maximum atomic E-state index is 6.28. The average molecular weight is 298 g/mol. The van der Waals surface area contributed by atoms with Gasteiger partial charge in [-0.2, -0.15) is 0 Å². The molecule has 1 atom stereocenters. The van der Waals surface area contributed by atoms with Crippen molar-refractivity contribution in [2.75, 3.05) is 0 Å². The summed E-state index contributed by atoms with van der Waals surface area (Å²) in [5, 5.41) is 4.20. The second kappa shape index (κ2) is 11.2. The third-order valence-corrected chi connectivity index (χ3v) is 4.68. The molecule has 0 amide bonds. The van der Waals surface area contributed by atoms with Gasteiger partial charge in [0.25, 0.3) is 0 Å². The number of nitrogens with zero attached hydrogens (tertiary/aromatic N) is 2. The molecule has 0 spiro atoms. The number of hydrogen-bond acceptors (Lipinski definition) is 4. The predicted molar refractivity (Wildman–Crippen MR) is 88.1 cm³/mol. The van der Waals surface area contributed by atoms with E-state index < -0.39 is 0 Å². The van der Waals surface area contributed by atoms with Crippen molar-refractivity contribution in [3.05, 3.63) is 10.6 Å². The summed E-state index contributed by atoms with van der Waals surface area (Å²) in [5.74, 6) is 0. The molecular formula is C16H31N3S. The maximum absolute atomic E-state index is 6.28. The average Bonchev–Trinajstić information content (AvgIpc) is 2.90. The van der Waals surface area contributed by atoms with Crippen LogP contribution in [0.2, 0.25) is 0 Å². The summed E-state index contributed by atoms with van der Waals surface area (Å²) in [5.41, 5.74) is 7.41. The summed E-state index contributed by atoms with van der Waals surface area (Å²) < 4.78 is 4.06. The summed E-state index contributed by atoms with van der Waals surface area (Å²) in [6, 6.07) is 0.150. The number of rotatable bonds is 12. The van der Waals surface area contributed by atoms with Gasteiger partial charge >= 0.3 is 0 Å². The third kappa shape index (κ3) is 6.80. The standard InChI is InChI=1S/C16H31N3S/c1-3-5-6-7-8-9-10-11-13-14(17)16-15(12-4-2)18-19-20-16/h14H,3-13,17H2,1-2H3. The van der Waals surface area contributed by atoms with Gasteiger partial charge in [0.05, 0.1) is 10.6 Å². The molecule has 1 unspecified atom stereocenters. The molecule has 0 fully saturated rings. The minimum Gasteiger partial charge on any atom is -0.323 e. The Morgan fingerprint density at radius 1 is 0.950 bits per heavy atom. The predicted octanol–water partition coefficient (Wildman–Crippen LogP) is 5.02. The first-order valence-corrected chi connectivity index (χ1v) is 9.13. The van der Waals surface area contributed by atoms with Crippen molar-refractivity contribution >= 4 is 11.5 Å². The van der Waals surface area contributed by atoms with Gasteiger partial charge in [0.2, 0.25) is 0 Å². The summed E-state index contributed by atoms with van der Waals surface area (Å²) in [6.45, 7) is 4.44. The van der Waals surface area contributed by atoms with Crippen LogP contribution in [-0.2, 0) is 6.42 Å². The van der Waals surface area contributed by atoms with E-state index in [0.29, 0.717) is 0 Å². The summed E-state index contributed by atoms with van der Waals surface area (Å²) >= 11 is 1.49. The zero-order chi connectivity index (χ0) is 14.6. The van der Waals surface area contributed by atoms with Gasteiger partial charge in [-0.15, -0.1) is 5.10 Å². The number of aromatic nitrogens is 2. The molecule has 0 aromatic carbocycles. The molecule has 1 heterocycles. The molecule has 4 heteroatoms. The lowest BCUT2D eigenvalue weighted by molar-refractivity contribution is 0.537. The molecule has 2 N–H and O–H groups in total. The molecule has 0 bridgehead atoms. The highest BCUT2D eigenvalue weighted by atomic mass is 32.1. The molecule has 1 rings (SSSR count). The van der Waals surface area contributed by atoms with Crippen LogP contribution in [0.15, 0.2) is 0 Å². The monoisotopic (exact) mass is 297 g/mol. The van der Waals surface area contributed by atoms with Crippen LogP contribution >= 0.6 is 11.5 Å². The second-order valence-corrected chi connectivity index (χ2v) is 6.49. The number of aryl methyl sites for hydroxylation is 1. The molecule has 0 radical (unpaired) electrons. The minimum absolute atomic E-state index is 0.150. The van der Waals surface area contributed by atoms with Gasteiger partial charge in [-0.25, -0.2) is 0 Å². The SMILES string of the molecule is CCCCCCCCCCC(N)c1snnc1CCC. The van der Waals surface area contributed by atoms with Crippen molar-refractivity contribution in [3.63, 3.8) is 0 Å². The molecule has 0 saturated carbocycles. The molecular weight excluding hydrogens is 266 g/mol. The van der Waals surface area contributed by atoms with Gasteiger partial charge in [0.15, 0.2) is 0 Å². The summed E-state index contributed by atoms with van der Waals surface area (Å²) in [4.78, 5) is 1.22. The topological polar surface area (TPSA) is 51.8 Å². The first-order chi connectivity index (χ1) is 9.79. The normalized spacial score (nSPS) is 12.8. The zero-order valence-corrected chi connectivity index (χ0v) is 14.1. The Labute approximate surface area is 128 Å². The van der Waals surface area contributed by atoms with Crippen LogP contribution in [0.4, 0.5) is 0 Å². The second-order valence-electron chi connectivity index (χ2n) is 5.70. The lowest BCUT2D eigenvalue weighted by atomic mass is 10.0. The van der Waals surface area contributed by atoms with Gasteiger partial charge in [-0.3, -0.25) is 0 Å². The maximum Gasteiger partial charge on any atom is 0.0803 e. The molecule has 0 aliphatic rings. The van der Waals surface area contributed by atoms with Gasteiger partial charge in [-0.1, -0.05) is 76.1 Å². The lowest BCUT2D eigenvalue weighted by Crippen LogP contribution is -2.10. The quantitative estimate of drug-likeness (QED) is 0.551. The Hall–Kier alpha value is -0.480. The molecule has 3 nitrogen and oxygen atoms in total. The van der Waals surface area contributed by atoms with Crippen LogP contribution in [-0.4, -0.2) is 9.59 Å². The summed E-state index contributed by atoms with van der Waals surface area (Å²) in [6.07, 6.45) is 14.0. The van der Waals surface area contributed by atoms with E-state index >= 15 is 0 Å². The van der Waals surface area contributed by atoms with Crippen LogP contribution in [0, 0.1) is 0 Å². The van der Waals surface area contributed by atoms with Gasteiger partial charge in [0.1, 0.15) is 0 Å². The van der Waals surface area contributed by atoms with E-state index in [-0.39, 0.29) is 6.04 Å². The first kappa shape index (κ1) is 17.6. The van der Waals surface area contributed by atoms with Crippen molar-refractivity contribution < 1.29 is 0 Å². The summed E-state index contributed by atoms with van der Waals surface area (Å²) in [7, 11) is 0. The fourth-order valence-electron chi connectivity index (χ4n) is 2.54. The Morgan fingerprint density at radius 2 is 1.60 bits per heavy atom. The first-order valence-electron chi connectivity index (χ1n) is 8.36. The highest BCUT2D eigenvalue weighted by molar-refractivity contribution is 7.05. The van der Waals surface area contributed by atoms with E-state index in [1.807, 2.05) is 0 Å². The Balaban J connectivity index is 2.10. The highest BCUT2D eigenvalue weighted by Crippen LogP contribution is 2.24. The van der Waals surface area contributed by atoms with E-state index in [0.717, 1.165) is 25.0 Å². The van der Waals surface area contributed by atoms with Crippen LogP contribution in [0.1, 0.15) is 94.7 Å². The van der Waals surface area contributed by atoms with E-state index in [9.17, 15) is 0 Å². The van der Waals surface area contributed by atoms with Crippen molar-refractivity contribution in [1.29, 1.82) is 0 Å². The molecule has 0 aliphatic heterocycles. The van der Waals surface area contributed by atoms with E-state index in [1.165, 1.54) is 67.8 Å². The van der Waals surface area contributed by atoms with Gasteiger partial charge < -0.3 is 5.73 Å². The van der Waals surface area contributed by atoms with Crippen LogP contribution in [0.25, 0.3) is 0 Å². The molecule has 116 valence electrons. The third-order valence-electron chi connectivity index (χ3n) is 3.78. The molecule has 20 heavy (non-hydrogen) atoms. The van der Waals surface area contributed by atoms with Crippen LogP contribution < -0.4 is 5.73 Å². The minimum atomic E-state index is 0.150. The van der Waals surface area contributed by atoms with Gasteiger partial charge in [-0.05, 0) is 24.4 Å².